The van der Waals surface area contributed by atoms with Crippen molar-refractivity contribution in [2.75, 3.05) is 0 Å². The standard InChI is InChI=1S/C30H40O5.C22H28O4.I2.HI/c1-27(2,3)23-7-6-22(34-23)19-15-17-14-18(31)8-11-28(17,4)26-21(32)16-29(5)20(25(19)26)9-12-30(29)13-10-24(33)35-30;1-20-8-5-14(23)11-13(20)3-4-15-16-6-9-22(10-7-18(25)26-22)21(16,2)12-17(24)19(15)20;1-2;/h6-7,14,19-21,25-26,32H,8-13,15-16H2,1-5H3;3-4,11,15-17,19,24H,5-10,12H2,1-2H3;;1H/t19-,20-,21+,25-,26-,28-,29-,30+;15-,16-,17+,19+,20-,21-,22+;;/m00../s1. The Morgan fingerprint density at radius 3 is 1.80 bits per heavy atom. The molecule has 9 nitrogen and oxygen atoms in total. The summed E-state index contributed by atoms with van der Waals surface area (Å²) < 4.78 is 18.6. The van der Waals surface area contributed by atoms with E-state index >= 15 is 0 Å². The van der Waals surface area contributed by atoms with E-state index in [4.69, 9.17) is 13.9 Å². The number of aliphatic hydroxyl groups excluding tert-OH is 2. The summed E-state index contributed by atoms with van der Waals surface area (Å²) in [6.07, 6.45) is 18.4. The Kier molecular flexibility index (Phi) is 13.2. The van der Waals surface area contributed by atoms with Crippen molar-refractivity contribution in [3.8, 4) is 0 Å². The molecule has 0 aromatic carbocycles. The van der Waals surface area contributed by atoms with Crippen LogP contribution >= 0.6 is 61.2 Å². The second-order valence-corrected chi connectivity index (χ2v) is 23.5. The maximum absolute atomic E-state index is 12.5. The number of rotatable bonds is 1. The molecule has 0 unspecified atom stereocenters. The smallest absolute Gasteiger partial charge is 0.306 e. The molecule has 2 saturated heterocycles. The Labute approximate surface area is 420 Å². The Balaban J connectivity index is 0.000000172. The summed E-state index contributed by atoms with van der Waals surface area (Å²) in [5, 5.41) is 23.2. The van der Waals surface area contributed by atoms with Crippen LogP contribution in [0.5, 0.6) is 0 Å². The van der Waals surface area contributed by atoms with Gasteiger partial charge in [0.15, 0.2) is 11.6 Å². The largest absolute Gasteiger partial charge is 0.465 e. The molecule has 7 fully saturated rings. The Morgan fingerprint density at radius 2 is 1.23 bits per heavy atom. The second-order valence-electron chi connectivity index (χ2n) is 23.5. The van der Waals surface area contributed by atoms with Crippen molar-refractivity contribution in [3.05, 3.63) is 59.1 Å². The molecule has 0 amide bonds. The highest BCUT2D eigenvalue weighted by Crippen LogP contribution is 2.73. The number of hydrogen-bond acceptors (Lipinski definition) is 9. The van der Waals surface area contributed by atoms with Gasteiger partial charge in [0, 0.05) is 91.0 Å². The van der Waals surface area contributed by atoms with E-state index in [1.807, 2.05) is 6.08 Å². The predicted octanol–water partition coefficient (Wildman–Crippen LogP) is 11.6. The van der Waals surface area contributed by atoms with Gasteiger partial charge >= 0.3 is 11.9 Å². The topological polar surface area (TPSA) is 140 Å². The van der Waals surface area contributed by atoms with Crippen molar-refractivity contribution in [1.82, 2.24) is 0 Å². The number of halogens is 3. The van der Waals surface area contributed by atoms with Crippen LogP contribution in [0.4, 0.5) is 0 Å². The number of ether oxygens (including phenoxy) is 2. The lowest BCUT2D eigenvalue weighted by molar-refractivity contribution is -0.188. The lowest BCUT2D eigenvalue weighted by atomic mass is 9.43. The molecule has 1 aromatic heterocycles. The minimum atomic E-state index is -0.503. The molecule has 2 aliphatic heterocycles. The van der Waals surface area contributed by atoms with Crippen LogP contribution in [-0.4, -0.2) is 57.1 Å². The van der Waals surface area contributed by atoms with Gasteiger partial charge in [0.05, 0.1) is 12.2 Å². The molecule has 8 aliphatic carbocycles. The van der Waals surface area contributed by atoms with E-state index in [-0.39, 0.29) is 110 Å². The van der Waals surface area contributed by atoms with E-state index in [1.54, 1.807) is 6.08 Å². The van der Waals surface area contributed by atoms with Crippen molar-refractivity contribution in [1.29, 1.82) is 0 Å². The molecular weight excluding hydrogens is 1150 g/mol. The van der Waals surface area contributed by atoms with Gasteiger partial charge in [-0.1, -0.05) is 66.2 Å². The quantitative estimate of drug-likeness (QED) is 0.208. The van der Waals surface area contributed by atoms with E-state index in [9.17, 15) is 29.4 Å². The molecule has 5 saturated carbocycles. The SMILES string of the molecule is CC(C)(C)c1ccc([C@@H]2CC3=CC(=O)CC[C@]3(C)[C@@H]3[C@@H]2[C@@H]2CC[C@@]4(CCC(=O)O4)[C@@]2(C)C[C@H]3O)o1.C[C@]12CCC(=O)C=C1C=C[C@@H]1[C@@H]2[C@H](O)C[C@@]2(C)[C@H]1CC[C@@]21CCC(=O)O1.I.II. The van der Waals surface area contributed by atoms with Crippen LogP contribution in [0, 0.1) is 57.2 Å². The van der Waals surface area contributed by atoms with Gasteiger partial charge in [0.1, 0.15) is 22.7 Å². The highest BCUT2D eigenvalue weighted by molar-refractivity contribution is 15.0. The molecule has 2 spiro atoms. The fourth-order valence-electron chi connectivity index (χ4n) is 16.6. The fraction of sp³-hybridized carbons (Fsp3) is 0.731. The highest BCUT2D eigenvalue weighted by atomic mass is 128. The molecule has 0 bridgehead atoms. The average molecular weight is 1220 g/mol. The lowest BCUT2D eigenvalue weighted by Crippen LogP contribution is -2.61. The van der Waals surface area contributed by atoms with Crippen LogP contribution in [0.25, 0.3) is 0 Å². The molecule has 2 N–H and O–H groups in total. The van der Waals surface area contributed by atoms with Gasteiger partial charge in [0.2, 0.25) is 0 Å². The first-order chi connectivity index (χ1) is 29.7. The number of carbonyl (C=O) groups excluding carboxylic acids is 4. The van der Waals surface area contributed by atoms with Gasteiger partial charge in [0.25, 0.3) is 0 Å². The van der Waals surface area contributed by atoms with Crippen LogP contribution in [0.2, 0.25) is 0 Å². The van der Waals surface area contributed by atoms with Crippen molar-refractivity contribution in [3.63, 3.8) is 0 Å². The molecule has 64 heavy (non-hydrogen) atoms. The number of hydrogen-bond donors (Lipinski definition) is 2. The number of esters is 2. The summed E-state index contributed by atoms with van der Waals surface area (Å²) in [5.41, 5.74) is 0.642. The lowest BCUT2D eigenvalue weighted by Gasteiger charge is -2.62. The van der Waals surface area contributed by atoms with E-state index < -0.39 is 17.8 Å². The molecule has 10 aliphatic rings. The van der Waals surface area contributed by atoms with Crippen molar-refractivity contribution < 1.29 is 43.3 Å². The molecular formula is C52H69I3O9. The number of furan rings is 1. The number of aliphatic hydroxyl groups is 2. The maximum atomic E-state index is 12.5. The third-order valence-electron chi connectivity index (χ3n) is 19.8. The van der Waals surface area contributed by atoms with Crippen molar-refractivity contribution in [2.45, 2.75) is 180 Å². The first-order valence-corrected chi connectivity index (χ1v) is 30.2. The van der Waals surface area contributed by atoms with Crippen LogP contribution in [0.1, 0.15) is 162 Å². The van der Waals surface area contributed by atoms with E-state index in [0.717, 1.165) is 74.9 Å². The normalized spacial score (nSPS) is 46.0. The van der Waals surface area contributed by atoms with E-state index in [2.05, 4.69) is 110 Å². The van der Waals surface area contributed by atoms with E-state index in [0.29, 0.717) is 50.4 Å². The fourth-order valence-corrected chi connectivity index (χ4v) is 16.6. The van der Waals surface area contributed by atoms with Gasteiger partial charge in [-0.3, -0.25) is 19.2 Å². The zero-order chi connectivity index (χ0) is 45.3. The molecule has 3 heterocycles. The van der Waals surface area contributed by atoms with Gasteiger partial charge in [-0.15, -0.1) is 24.0 Å². The van der Waals surface area contributed by atoms with Crippen LogP contribution in [0.3, 0.4) is 0 Å². The van der Waals surface area contributed by atoms with Crippen LogP contribution in [0.15, 0.2) is 52.0 Å². The van der Waals surface area contributed by atoms with Gasteiger partial charge in [-0.2, -0.15) is 0 Å². The molecule has 11 rings (SSSR count). The monoisotopic (exact) mass is 1220 g/mol. The first kappa shape index (κ1) is 49.3. The summed E-state index contributed by atoms with van der Waals surface area (Å²) in [6.45, 7) is 15.5. The zero-order valence-corrected chi connectivity index (χ0v) is 45.3. The average Bonchev–Trinajstić information content (AvgIpc) is 4.05. The number of ketones is 2. The minimum absolute atomic E-state index is 0. The zero-order valence-electron chi connectivity index (χ0n) is 38.7. The summed E-state index contributed by atoms with van der Waals surface area (Å²) in [7, 11) is 0. The van der Waals surface area contributed by atoms with Gasteiger partial charge in [-0.25, -0.2) is 0 Å². The second kappa shape index (κ2) is 17.1. The Bertz CT molecular complexity index is 2170. The summed E-state index contributed by atoms with van der Waals surface area (Å²) >= 11 is 4.24. The summed E-state index contributed by atoms with van der Waals surface area (Å²) in [4.78, 5) is 48.6. The number of allylic oxidation sites excluding steroid dienone is 5. The molecule has 0 radical (unpaired) electrons. The predicted molar refractivity (Wildman–Crippen MR) is 271 cm³/mol. The van der Waals surface area contributed by atoms with E-state index in [1.165, 1.54) is 5.57 Å². The number of fused-ring (bicyclic) bond motifs is 12. The third kappa shape index (κ3) is 7.31. The highest BCUT2D eigenvalue weighted by Gasteiger charge is 2.71. The molecule has 1 aromatic rings. The Hall–Kier alpha value is -1.11. The number of carbonyl (C=O) groups is 4. The summed E-state index contributed by atoms with van der Waals surface area (Å²) in [6, 6.07) is 4.24. The minimum Gasteiger partial charge on any atom is -0.465 e. The molecule has 352 valence electrons. The molecule has 12 heteroatoms. The summed E-state index contributed by atoms with van der Waals surface area (Å²) in [5.74, 6) is 3.78. The molecule has 15 atom stereocenters. The Morgan fingerprint density at radius 1 is 0.688 bits per heavy atom. The third-order valence-corrected chi connectivity index (χ3v) is 19.8. The van der Waals surface area contributed by atoms with Crippen LogP contribution in [-0.2, 0) is 34.1 Å². The maximum Gasteiger partial charge on any atom is 0.306 e. The van der Waals surface area contributed by atoms with Gasteiger partial charge in [-0.05, 0) is 141 Å². The van der Waals surface area contributed by atoms with Crippen molar-refractivity contribution in [2.24, 2.45) is 57.2 Å². The van der Waals surface area contributed by atoms with Crippen molar-refractivity contribution >= 4 is 84.7 Å². The first-order valence-electron chi connectivity index (χ1n) is 23.9. The van der Waals surface area contributed by atoms with Crippen LogP contribution < -0.4 is 0 Å². The van der Waals surface area contributed by atoms with Gasteiger partial charge < -0.3 is 24.1 Å².